The minimum Gasteiger partial charge on any atom is -0.475 e. The Morgan fingerprint density at radius 1 is 1.29 bits per heavy atom. The Kier molecular flexibility index (Phi) is 5.38. The van der Waals surface area contributed by atoms with Crippen LogP contribution in [0.2, 0.25) is 0 Å². The molecule has 2 aliphatic carbocycles. The number of carboxylic acids is 1. The molecular formula is C20H30O4. The van der Waals surface area contributed by atoms with Crippen LogP contribution in [0.25, 0.3) is 0 Å². The molecule has 0 bridgehead atoms. The first-order valence-corrected chi connectivity index (χ1v) is 8.88. The smallest absolute Gasteiger partial charge is 0.376 e. The molecular weight excluding hydrogens is 304 g/mol. The quantitative estimate of drug-likeness (QED) is 0.456. The van der Waals surface area contributed by atoms with E-state index in [1.54, 1.807) is 6.08 Å². The highest BCUT2D eigenvalue weighted by molar-refractivity contribution is 6.39. The van der Waals surface area contributed by atoms with Gasteiger partial charge in [-0.3, -0.25) is 4.79 Å². The van der Waals surface area contributed by atoms with E-state index < -0.39 is 18.4 Å². The standard InChI is InChI=1S/C20H30O4/c1-13-6-9-16-19(2,3)10-5-11-20(16,4)15(13)8-7-14(12-21)17(22)18(23)24/h7,15-16,21H,1,5-6,8-12H2,2-4H3,(H,23,24). The maximum absolute atomic E-state index is 11.6. The van der Waals surface area contributed by atoms with Gasteiger partial charge in [0.25, 0.3) is 5.78 Å². The lowest BCUT2D eigenvalue weighted by Crippen LogP contribution is -2.49. The molecule has 2 aliphatic rings. The molecule has 0 amide bonds. The summed E-state index contributed by atoms with van der Waals surface area (Å²) in [5, 5.41) is 18.2. The first-order valence-electron chi connectivity index (χ1n) is 8.88. The molecule has 0 radical (unpaired) electrons. The number of aliphatic hydroxyl groups excluding tert-OH is 1. The van der Waals surface area contributed by atoms with Crippen LogP contribution < -0.4 is 0 Å². The number of aliphatic hydroxyl groups is 1. The van der Waals surface area contributed by atoms with E-state index in [1.165, 1.54) is 18.4 Å². The Morgan fingerprint density at radius 2 is 1.96 bits per heavy atom. The summed E-state index contributed by atoms with van der Waals surface area (Å²) in [5.41, 5.74) is 1.60. The summed E-state index contributed by atoms with van der Waals surface area (Å²) in [7, 11) is 0. The van der Waals surface area contributed by atoms with Crippen molar-refractivity contribution in [1.29, 1.82) is 0 Å². The van der Waals surface area contributed by atoms with Gasteiger partial charge < -0.3 is 10.2 Å². The van der Waals surface area contributed by atoms with Crippen LogP contribution in [0.1, 0.15) is 59.3 Å². The van der Waals surface area contributed by atoms with Gasteiger partial charge in [-0.15, -0.1) is 0 Å². The number of Topliss-reactive ketones (excluding diaryl/α,β-unsaturated/α-hetero) is 1. The van der Waals surface area contributed by atoms with Crippen molar-refractivity contribution in [2.24, 2.45) is 22.7 Å². The molecule has 2 saturated carbocycles. The van der Waals surface area contributed by atoms with Crippen LogP contribution in [0, 0.1) is 22.7 Å². The predicted octanol–water partition coefficient (Wildman–Crippen LogP) is 3.75. The van der Waals surface area contributed by atoms with Crippen molar-refractivity contribution in [3.63, 3.8) is 0 Å². The van der Waals surface area contributed by atoms with Crippen LogP contribution >= 0.6 is 0 Å². The zero-order chi connectivity index (χ0) is 18.1. The number of ketones is 1. The van der Waals surface area contributed by atoms with Crippen molar-refractivity contribution in [3.05, 3.63) is 23.8 Å². The second-order valence-electron chi connectivity index (χ2n) is 8.41. The number of hydrogen-bond donors (Lipinski definition) is 2. The van der Waals surface area contributed by atoms with Crippen LogP contribution in [-0.4, -0.2) is 28.6 Å². The number of carbonyl (C=O) groups is 2. The van der Waals surface area contributed by atoms with Crippen molar-refractivity contribution < 1.29 is 19.8 Å². The molecule has 2 N–H and O–H groups in total. The highest BCUT2D eigenvalue weighted by atomic mass is 16.4. The third kappa shape index (κ3) is 3.34. The first-order chi connectivity index (χ1) is 11.1. The maximum atomic E-state index is 11.6. The minimum atomic E-state index is -1.51. The molecule has 0 aromatic carbocycles. The fourth-order valence-electron chi connectivity index (χ4n) is 5.34. The molecule has 0 spiro atoms. The van der Waals surface area contributed by atoms with E-state index in [-0.39, 0.29) is 16.9 Å². The van der Waals surface area contributed by atoms with Gasteiger partial charge in [-0.1, -0.05) is 45.4 Å². The molecule has 0 aliphatic heterocycles. The lowest BCUT2D eigenvalue weighted by molar-refractivity contribution is -0.147. The number of aliphatic carboxylic acids is 1. The van der Waals surface area contributed by atoms with Crippen molar-refractivity contribution >= 4 is 11.8 Å². The summed E-state index contributed by atoms with van der Waals surface area (Å²) in [6.45, 7) is 10.8. The van der Waals surface area contributed by atoms with Gasteiger partial charge in [0.1, 0.15) is 0 Å². The molecule has 4 heteroatoms. The van der Waals surface area contributed by atoms with Crippen LogP contribution in [0.15, 0.2) is 23.8 Å². The largest absolute Gasteiger partial charge is 0.475 e. The third-order valence-electron chi connectivity index (χ3n) is 6.58. The van der Waals surface area contributed by atoms with Crippen LogP contribution in [0.5, 0.6) is 0 Å². The lowest BCUT2D eigenvalue weighted by atomic mass is 9.47. The van der Waals surface area contributed by atoms with Crippen molar-refractivity contribution in [1.82, 2.24) is 0 Å². The summed E-state index contributed by atoms with van der Waals surface area (Å²) >= 11 is 0. The van der Waals surface area contributed by atoms with Crippen molar-refractivity contribution in [2.75, 3.05) is 6.61 Å². The maximum Gasteiger partial charge on any atom is 0.376 e. The fraction of sp³-hybridized carbons (Fsp3) is 0.700. The summed E-state index contributed by atoms with van der Waals surface area (Å²) in [6, 6.07) is 0. The normalized spacial score (nSPS) is 33.0. The molecule has 134 valence electrons. The van der Waals surface area contributed by atoms with E-state index >= 15 is 0 Å². The molecule has 0 aromatic rings. The monoisotopic (exact) mass is 334 g/mol. The second kappa shape index (κ2) is 6.83. The van der Waals surface area contributed by atoms with E-state index in [2.05, 4.69) is 27.4 Å². The van der Waals surface area contributed by atoms with Crippen LogP contribution in [0.4, 0.5) is 0 Å². The highest BCUT2D eigenvalue weighted by Gasteiger charge is 2.52. The SMILES string of the molecule is C=C1CCC2C(C)(C)CCCC2(C)C1CC=C(CO)C(=O)C(=O)O. The summed E-state index contributed by atoms with van der Waals surface area (Å²) in [6.07, 6.45) is 7.92. The molecule has 0 aromatic heterocycles. The van der Waals surface area contributed by atoms with Gasteiger partial charge in [-0.05, 0) is 54.8 Å². The summed E-state index contributed by atoms with van der Waals surface area (Å²) in [4.78, 5) is 22.5. The fourth-order valence-corrected chi connectivity index (χ4v) is 5.34. The van der Waals surface area contributed by atoms with Gasteiger partial charge in [0.05, 0.1) is 6.61 Å². The second-order valence-corrected chi connectivity index (χ2v) is 8.41. The Morgan fingerprint density at radius 3 is 2.54 bits per heavy atom. The molecule has 2 fully saturated rings. The minimum absolute atomic E-state index is 0.0175. The zero-order valence-corrected chi connectivity index (χ0v) is 15.1. The number of fused-ring (bicyclic) bond motifs is 1. The molecule has 0 heterocycles. The molecule has 24 heavy (non-hydrogen) atoms. The highest BCUT2D eigenvalue weighted by Crippen LogP contribution is 2.61. The van der Waals surface area contributed by atoms with Gasteiger partial charge in [0.2, 0.25) is 0 Å². The van der Waals surface area contributed by atoms with E-state index in [4.69, 9.17) is 5.11 Å². The lowest BCUT2D eigenvalue weighted by Gasteiger charge is -2.58. The molecule has 3 atom stereocenters. The van der Waals surface area contributed by atoms with E-state index in [9.17, 15) is 14.7 Å². The Bertz CT molecular complexity index is 572. The zero-order valence-electron chi connectivity index (χ0n) is 15.1. The van der Waals surface area contributed by atoms with Gasteiger partial charge in [-0.25, -0.2) is 4.79 Å². The Hall–Kier alpha value is -1.42. The predicted molar refractivity (Wildman–Crippen MR) is 93.5 cm³/mol. The average molecular weight is 334 g/mol. The van der Waals surface area contributed by atoms with Gasteiger partial charge in [-0.2, -0.15) is 0 Å². The van der Waals surface area contributed by atoms with Gasteiger partial charge >= 0.3 is 5.97 Å². The van der Waals surface area contributed by atoms with E-state index in [1.807, 2.05) is 0 Å². The number of hydrogen-bond acceptors (Lipinski definition) is 3. The summed E-state index contributed by atoms with van der Waals surface area (Å²) in [5.74, 6) is -1.68. The van der Waals surface area contributed by atoms with E-state index in [0.717, 1.165) is 19.3 Å². The van der Waals surface area contributed by atoms with Gasteiger partial charge in [0, 0.05) is 5.57 Å². The molecule has 4 nitrogen and oxygen atoms in total. The topological polar surface area (TPSA) is 74.6 Å². The Balaban J connectivity index is 2.28. The van der Waals surface area contributed by atoms with Crippen LogP contribution in [-0.2, 0) is 9.59 Å². The molecule has 2 rings (SSSR count). The first kappa shape index (κ1) is 18.9. The van der Waals surface area contributed by atoms with Crippen LogP contribution in [0.3, 0.4) is 0 Å². The third-order valence-corrected chi connectivity index (χ3v) is 6.58. The van der Waals surface area contributed by atoms with Crippen molar-refractivity contribution in [2.45, 2.75) is 59.3 Å². The number of allylic oxidation sites excluding steroid dienone is 2. The molecule has 3 unspecified atom stereocenters. The number of carbonyl (C=O) groups excluding carboxylic acids is 1. The number of carboxylic acid groups (broad SMARTS) is 1. The van der Waals surface area contributed by atoms with Gasteiger partial charge in [0.15, 0.2) is 0 Å². The van der Waals surface area contributed by atoms with E-state index in [0.29, 0.717) is 17.8 Å². The molecule has 0 saturated heterocycles. The summed E-state index contributed by atoms with van der Waals surface area (Å²) < 4.78 is 0. The average Bonchev–Trinajstić information content (AvgIpc) is 2.48. The Labute approximate surface area is 144 Å². The van der Waals surface area contributed by atoms with Crippen molar-refractivity contribution in [3.8, 4) is 0 Å². The number of rotatable bonds is 5.